The molecule has 0 atom stereocenters. The minimum absolute atomic E-state index is 0.0353. The molecule has 1 saturated heterocycles. The molecule has 78 valence electrons. The molecule has 0 saturated carbocycles. The maximum absolute atomic E-state index is 11.5. The number of carbonyl (C=O) groups excluding carboxylic acids is 2. The third kappa shape index (κ3) is 2.03. The number of hydrogen-bond donors (Lipinski definition) is 0. The average molecular weight is 290 g/mol. The van der Waals surface area contributed by atoms with Crippen molar-refractivity contribution in [3.8, 4) is 0 Å². The van der Waals surface area contributed by atoms with Crippen molar-refractivity contribution in [1.29, 1.82) is 0 Å². The molecule has 1 fully saturated rings. The van der Waals surface area contributed by atoms with Gasteiger partial charge in [-0.05, 0) is 15.9 Å². The van der Waals surface area contributed by atoms with Crippen LogP contribution in [0.25, 0.3) is 0 Å². The number of aromatic nitrogens is 1. The number of halogens is 2. The van der Waals surface area contributed by atoms with Gasteiger partial charge < -0.3 is 4.90 Å². The Kier molecular flexibility index (Phi) is 2.75. The van der Waals surface area contributed by atoms with Crippen molar-refractivity contribution in [2.24, 2.45) is 0 Å². The molecule has 2 heterocycles. The van der Waals surface area contributed by atoms with Gasteiger partial charge in [0.1, 0.15) is 5.15 Å². The SMILES string of the molecule is O=C1CC(=O)N(c2cc(Cl)ncc2Br)C1. The number of ketones is 1. The van der Waals surface area contributed by atoms with Crippen molar-refractivity contribution in [2.75, 3.05) is 11.4 Å². The van der Waals surface area contributed by atoms with Crippen LogP contribution in [0.2, 0.25) is 5.15 Å². The van der Waals surface area contributed by atoms with E-state index >= 15 is 0 Å². The molecule has 0 unspecified atom stereocenters. The molecule has 0 bridgehead atoms. The van der Waals surface area contributed by atoms with Crippen LogP contribution in [0.3, 0.4) is 0 Å². The number of amides is 1. The summed E-state index contributed by atoms with van der Waals surface area (Å²) in [6, 6.07) is 1.56. The van der Waals surface area contributed by atoms with Crippen LogP contribution in [0, 0.1) is 0 Å². The van der Waals surface area contributed by atoms with Gasteiger partial charge in [0.2, 0.25) is 5.91 Å². The van der Waals surface area contributed by atoms with E-state index in [1.807, 2.05) is 0 Å². The number of carbonyl (C=O) groups is 2. The molecule has 2 rings (SSSR count). The van der Waals surface area contributed by atoms with Crippen molar-refractivity contribution < 1.29 is 9.59 Å². The van der Waals surface area contributed by atoms with Gasteiger partial charge in [0, 0.05) is 12.3 Å². The molecule has 15 heavy (non-hydrogen) atoms. The molecule has 0 aromatic carbocycles. The van der Waals surface area contributed by atoms with E-state index in [9.17, 15) is 9.59 Å². The first-order valence-electron chi connectivity index (χ1n) is 4.21. The Hall–Kier alpha value is -0.940. The molecule has 1 amide bonds. The fourth-order valence-corrected chi connectivity index (χ4v) is 2.00. The highest BCUT2D eigenvalue weighted by Gasteiger charge is 2.29. The van der Waals surface area contributed by atoms with E-state index < -0.39 is 0 Å². The summed E-state index contributed by atoms with van der Waals surface area (Å²) in [5, 5.41) is 0.292. The summed E-state index contributed by atoms with van der Waals surface area (Å²) in [6.07, 6.45) is 1.47. The second-order valence-corrected chi connectivity index (χ2v) is 4.40. The molecule has 1 aliphatic rings. The van der Waals surface area contributed by atoms with Gasteiger partial charge in [-0.1, -0.05) is 11.6 Å². The molecular weight excluding hydrogens is 283 g/mol. The molecule has 4 nitrogen and oxygen atoms in total. The Balaban J connectivity index is 2.41. The lowest BCUT2D eigenvalue weighted by Crippen LogP contribution is -2.24. The summed E-state index contributed by atoms with van der Waals surface area (Å²) in [5.41, 5.74) is 0.589. The number of nitrogens with zero attached hydrogens (tertiary/aromatic N) is 2. The fraction of sp³-hybridized carbons (Fsp3) is 0.222. The topological polar surface area (TPSA) is 50.3 Å². The Morgan fingerprint density at radius 2 is 2.20 bits per heavy atom. The zero-order chi connectivity index (χ0) is 11.0. The van der Waals surface area contributed by atoms with E-state index in [4.69, 9.17) is 11.6 Å². The Bertz CT molecular complexity index is 450. The lowest BCUT2D eigenvalue weighted by molar-refractivity contribution is -0.121. The number of rotatable bonds is 1. The van der Waals surface area contributed by atoms with Crippen LogP contribution >= 0.6 is 27.5 Å². The molecule has 1 aliphatic heterocycles. The third-order valence-electron chi connectivity index (χ3n) is 2.08. The van der Waals surface area contributed by atoms with Gasteiger partial charge in [0.15, 0.2) is 5.78 Å². The highest BCUT2D eigenvalue weighted by atomic mass is 79.9. The van der Waals surface area contributed by atoms with E-state index in [1.54, 1.807) is 6.07 Å². The van der Waals surface area contributed by atoms with Crippen LogP contribution in [0.1, 0.15) is 6.42 Å². The van der Waals surface area contributed by atoms with E-state index in [2.05, 4.69) is 20.9 Å². The van der Waals surface area contributed by atoms with Crippen LogP contribution < -0.4 is 4.90 Å². The van der Waals surface area contributed by atoms with Gasteiger partial charge in [-0.25, -0.2) is 4.98 Å². The second-order valence-electron chi connectivity index (χ2n) is 3.15. The first kappa shape index (κ1) is 10.6. The van der Waals surface area contributed by atoms with Crippen LogP contribution in [-0.4, -0.2) is 23.2 Å². The quantitative estimate of drug-likeness (QED) is 0.585. The van der Waals surface area contributed by atoms with E-state index in [0.29, 0.717) is 15.3 Å². The smallest absolute Gasteiger partial charge is 0.234 e. The van der Waals surface area contributed by atoms with Gasteiger partial charge in [-0.3, -0.25) is 9.59 Å². The summed E-state index contributed by atoms with van der Waals surface area (Å²) in [6.45, 7) is 0.109. The normalized spacial score (nSPS) is 16.3. The maximum Gasteiger partial charge on any atom is 0.234 e. The minimum Gasteiger partial charge on any atom is -0.303 e. The van der Waals surface area contributed by atoms with Gasteiger partial charge in [0.05, 0.1) is 23.1 Å². The van der Waals surface area contributed by atoms with Crippen LogP contribution in [0.5, 0.6) is 0 Å². The highest BCUT2D eigenvalue weighted by Crippen LogP contribution is 2.29. The lowest BCUT2D eigenvalue weighted by Gasteiger charge is -2.16. The van der Waals surface area contributed by atoms with Crippen molar-refractivity contribution in [3.05, 3.63) is 21.9 Å². The Morgan fingerprint density at radius 1 is 1.47 bits per heavy atom. The predicted molar refractivity (Wildman–Crippen MR) is 58.9 cm³/mol. The van der Waals surface area contributed by atoms with Crippen LogP contribution in [0.15, 0.2) is 16.7 Å². The molecule has 0 aliphatic carbocycles. The first-order chi connectivity index (χ1) is 7.08. The molecule has 1 aromatic heterocycles. The molecule has 1 aromatic rings. The minimum atomic E-state index is -0.206. The van der Waals surface area contributed by atoms with Crippen molar-refractivity contribution in [3.63, 3.8) is 0 Å². The zero-order valence-corrected chi connectivity index (χ0v) is 9.88. The largest absolute Gasteiger partial charge is 0.303 e. The van der Waals surface area contributed by atoms with Crippen molar-refractivity contribution >= 4 is 44.9 Å². The zero-order valence-electron chi connectivity index (χ0n) is 7.54. The Labute approximate surface area is 99.4 Å². The van der Waals surface area contributed by atoms with E-state index in [-0.39, 0.29) is 24.7 Å². The number of Topliss-reactive ketones (excluding diaryl/α,β-unsaturated/α-hetero) is 1. The fourth-order valence-electron chi connectivity index (χ4n) is 1.41. The van der Waals surface area contributed by atoms with Gasteiger partial charge in [0.25, 0.3) is 0 Å². The average Bonchev–Trinajstić information content (AvgIpc) is 2.50. The number of pyridine rings is 1. The van der Waals surface area contributed by atoms with Crippen LogP contribution in [-0.2, 0) is 9.59 Å². The monoisotopic (exact) mass is 288 g/mol. The van der Waals surface area contributed by atoms with Gasteiger partial charge >= 0.3 is 0 Å². The molecule has 0 radical (unpaired) electrons. The van der Waals surface area contributed by atoms with Crippen molar-refractivity contribution in [1.82, 2.24) is 4.98 Å². The molecule has 0 spiro atoms. The maximum atomic E-state index is 11.5. The molecular formula is C9H6BrClN2O2. The van der Waals surface area contributed by atoms with E-state index in [0.717, 1.165) is 0 Å². The highest BCUT2D eigenvalue weighted by molar-refractivity contribution is 9.10. The van der Waals surface area contributed by atoms with E-state index in [1.165, 1.54) is 11.1 Å². The lowest BCUT2D eigenvalue weighted by atomic mass is 10.3. The Morgan fingerprint density at radius 3 is 2.80 bits per heavy atom. The second kappa shape index (κ2) is 3.90. The summed E-state index contributed by atoms with van der Waals surface area (Å²) in [7, 11) is 0. The standard InChI is InChI=1S/C9H6BrClN2O2/c10-6-3-12-8(11)2-7(6)13-4-5(14)1-9(13)15/h2-3H,1,4H2. The number of anilines is 1. The van der Waals surface area contributed by atoms with Gasteiger partial charge in [-0.2, -0.15) is 0 Å². The molecule has 0 N–H and O–H groups in total. The predicted octanol–water partition coefficient (Wildman–Crippen LogP) is 1.80. The summed E-state index contributed by atoms with van der Waals surface area (Å²) in [5.74, 6) is -0.289. The van der Waals surface area contributed by atoms with Crippen molar-refractivity contribution in [2.45, 2.75) is 6.42 Å². The third-order valence-corrected chi connectivity index (χ3v) is 2.89. The first-order valence-corrected chi connectivity index (χ1v) is 5.38. The summed E-state index contributed by atoms with van der Waals surface area (Å²) in [4.78, 5) is 27.8. The number of hydrogen-bond acceptors (Lipinski definition) is 3. The molecule has 6 heteroatoms. The van der Waals surface area contributed by atoms with Crippen LogP contribution in [0.4, 0.5) is 5.69 Å². The summed E-state index contributed by atoms with van der Waals surface area (Å²) >= 11 is 8.99. The van der Waals surface area contributed by atoms with Gasteiger partial charge in [-0.15, -0.1) is 0 Å². The summed E-state index contributed by atoms with van der Waals surface area (Å²) < 4.78 is 0.648.